The molecule has 1 saturated heterocycles. The molecule has 1 fully saturated rings. The monoisotopic (exact) mass is 320 g/mol. The molecule has 0 N–H and O–H groups in total. The number of amides is 1. The first-order chi connectivity index (χ1) is 9.91. The molecule has 0 spiro atoms. The second kappa shape index (κ2) is 6.66. The topological polar surface area (TPSA) is 23.6 Å². The van der Waals surface area contributed by atoms with Crippen molar-refractivity contribution >= 4 is 17.5 Å². The van der Waals surface area contributed by atoms with Crippen molar-refractivity contribution < 1.29 is 18.0 Å². The second-order valence-corrected chi connectivity index (χ2v) is 5.28. The number of alkyl halides is 4. The number of nitrogens with zero attached hydrogens (tertiary/aromatic N) is 2. The van der Waals surface area contributed by atoms with E-state index in [0.29, 0.717) is 19.0 Å². The third-order valence-electron chi connectivity index (χ3n) is 3.52. The highest BCUT2D eigenvalue weighted by Crippen LogP contribution is 2.29. The summed E-state index contributed by atoms with van der Waals surface area (Å²) in [6.45, 7) is 3.38. The minimum Gasteiger partial charge on any atom is -0.336 e. The van der Waals surface area contributed by atoms with Gasteiger partial charge in [-0.3, -0.25) is 9.69 Å². The van der Waals surface area contributed by atoms with Gasteiger partial charge in [0, 0.05) is 44.2 Å². The fourth-order valence-electron chi connectivity index (χ4n) is 2.28. The highest BCUT2D eigenvalue weighted by Gasteiger charge is 2.30. The SMILES string of the molecule is O=C(c1ccc(C(F)(F)F)cc1)N1CCN(CCCl)CC1. The molecule has 0 radical (unpaired) electrons. The van der Waals surface area contributed by atoms with Crippen LogP contribution >= 0.6 is 11.6 Å². The van der Waals surface area contributed by atoms with Gasteiger partial charge in [0.05, 0.1) is 5.56 Å². The van der Waals surface area contributed by atoms with Gasteiger partial charge in [-0.1, -0.05) is 0 Å². The van der Waals surface area contributed by atoms with Gasteiger partial charge < -0.3 is 4.90 Å². The summed E-state index contributed by atoms with van der Waals surface area (Å²) in [6.07, 6.45) is -4.38. The second-order valence-electron chi connectivity index (χ2n) is 4.90. The Morgan fingerprint density at radius 3 is 2.14 bits per heavy atom. The molecule has 1 amide bonds. The molecule has 1 aliphatic rings. The highest BCUT2D eigenvalue weighted by atomic mass is 35.5. The number of rotatable bonds is 3. The maximum Gasteiger partial charge on any atom is 0.416 e. The molecular formula is C14H16ClF3N2O. The number of benzene rings is 1. The molecule has 0 bridgehead atoms. The van der Waals surface area contributed by atoms with Crippen LogP contribution in [0.3, 0.4) is 0 Å². The first-order valence-corrected chi connectivity index (χ1v) is 7.20. The number of carbonyl (C=O) groups is 1. The fraction of sp³-hybridized carbons (Fsp3) is 0.500. The third-order valence-corrected chi connectivity index (χ3v) is 3.69. The molecule has 0 atom stereocenters. The number of hydrogen-bond donors (Lipinski definition) is 0. The van der Waals surface area contributed by atoms with Crippen LogP contribution in [-0.2, 0) is 6.18 Å². The summed E-state index contributed by atoms with van der Waals surface area (Å²) in [5.41, 5.74) is -0.459. The molecule has 3 nitrogen and oxygen atoms in total. The Hall–Kier alpha value is -1.27. The summed E-state index contributed by atoms with van der Waals surface area (Å²) in [5, 5.41) is 0. The van der Waals surface area contributed by atoms with Gasteiger partial charge in [0.2, 0.25) is 0 Å². The summed E-state index contributed by atoms with van der Waals surface area (Å²) >= 11 is 5.67. The molecule has 21 heavy (non-hydrogen) atoms. The molecule has 2 rings (SSSR count). The van der Waals surface area contributed by atoms with E-state index < -0.39 is 11.7 Å². The van der Waals surface area contributed by atoms with Crippen molar-refractivity contribution in [3.05, 3.63) is 35.4 Å². The Labute approximate surface area is 126 Å². The zero-order chi connectivity index (χ0) is 15.5. The van der Waals surface area contributed by atoms with Crippen LogP contribution in [0, 0.1) is 0 Å². The first-order valence-electron chi connectivity index (χ1n) is 6.66. The van der Waals surface area contributed by atoms with Gasteiger partial charge in [-0.05, 0) is 24.3 Å². The maximum atomic E-state index is 12.5. The number of hydrogen-bond acceptors (Lipinski definition) is 2. The predicted molar refractivity (Wildman–Crippen MR) is 74.5 cm³/mol. The standard InChI is InChI=1S/C14H16ClF3N2O/c15-5-6-19-7-9-20(10-8-19)13(21)11-1-3-12(4-2-11)14(16,17)18/h1-4H,5-10H2. The van der Waals surface area contributed by atoms with Gasteiger partial charge in [-0.2, -0.15) is 13.2 Å². The van der Waals surface area contributed by atoms with E-state index in [2.05, 4.69) is 4.90 Å². The van der Waals surface area contributed by atoms with Crippen molar-refractivity contribution in [2.45, 2.75) is 6.18 Å². The van der Waals surface area contributed by atoms with Crippen LogP contribution in [0.25, 0.3) is 0 Å². The molecular weight excluding hydrogens is 305 g/mol. The normalized spacial score (nSPS) is 17.0. The largest absolute Gasteiger partial charge is 0.416 e. The van der Waals surface area contributed by atoms with Crippen molar-refractivity contribution in [3.63, 3.8) is 0 Å². The van der Waals surface area contributed by atoms with Crippen molar-refractivity contribution in [2.75, 3.05) is 38.6 Å². The Morgan fingerprint density at radius 2 is 1.67 bits per heavy atom. The van der Waals surface area contributed by atoms with Gasteiger partial charge >= 0.3 is 6.18 Å². The van der Waals surface area contributed by atoms with Gasteiger partial charge in [-0.15, -0.1) is 11.6 Å². The van der Waals surface area contributed by atoms with Gasteiger partial charge in [0.1, 0.15) is 0 Å². The molecule has 1 aromatic rings. The van der Waals surface area contributed by atoms with Gasteiger partial charge in [0.15, 0.2) is 0 Å². The highest BCUT2D eigenvalue weighted by molar-refractivity contribution is 6.18. The summed E-state index contributed by atoms with van der Waals surface area (Å²) in [6, 6.07) is 4.35. The summed E-state index contributed by atoms with van der Waals surface area (Å²) < 4.78 is 37.4. The molecule has 7 heteroatoms. The minimum absolute atomic E-state index is 0.228. The lowest BCUT2D eigenvalue weighted by atomic mass is 10.1. The molecule has 0 aliphatic carbocycles. The van der Waals surface area contributed by atoms with Crippen molar-refractivity contribution in [2.24, 2.45) is 0 Å². The molecule has 0 aromatic heterocycles. The molecule has 0 saturated carbocycles. The van der Waals surface area contributed by atoms with Crippen LogP contribution in [0.1, 0.15) is 15.9 Å². The van der Waals surface area contributed by atoms with Crippen LogP contribution in [0.15, 0.2) is 24.3 Å². The van der Waals surface area contributed by atoms with E-state index in [1.165, 1.54) is 12.1 Å². The van der Waals surface area contributed by atoms with Crippen molar-refractivity contribution in [1.29, 1.82) is 0 Å². The van der Waals surface area contributed by atoms with Crippen molar-refractivity contribution in [3.8, 4) is 0 Å². The Balaban J connectivity index is 1.98. The lowest BCUT2D eigenvalue weighted by Crippen LogP contribution is -2.49. The van der Waals surface area contributed by atoms with E-state index in [-0.39, 0.29) is 11.5 Å². The van der Waals surface area contributed by atoms with E-state index >= 15 is 0 Å². The summed E-state index contributed by atoms with van der Waals surface area (Å²) in [4.78, 5) is 16.0. The lowest BCUT2D eigenvalue weighted by Gasteiger charge is -2.34. The van der Waals surface area contributed by atoms with Gasteiger partial charge in [0.25, 0.3) is 5.91 Å². The summed E-state index contributed by atoms with van der Waals surface area (Å²) in [5.74, 6) is 0.321. The van der Waals surface area contributed by atoms with Gasteiger partial charge in [-0.25, -0.2) is 0 Å². The van der Waals surface area contributed by atoms with Crippen LogP contribution in [0.2, 0.25) is 0 Å². The Kier molecular flexibility index (Phi) is 5.11. The van der Waals surface area contributed by atoms with E-state index in [0.717, 1.165) is 31.8 Å². The quantitative estimate of drug-likeness (QED) is 0.800. The Bertz CT molecular complexity index is 482. The van der Waals surface area contributed by atoms with E-state index in [9.17, 15) is 18.0 Å². The number of piperazine rings is 1. The zero-order valence-corrected chi connectivity index (χ0v) is 12.1. The van der Waals surface area contributed by atoms with Crippen LogP contribution in [-0.4, -0.2) is 54.3 Å². The smallest absolute Gasteiger partial charge is 0.336 e. The molecule has 1 aromatic carbocycles. The third kappa shape index (κ3) is 4.11. The maximum absolute atomic E-state index is 12.5. The van der Waals surface area contributed by atoms with Crippen LogP contribution < -0.4 is 0 Å². The predicted octanol–water partition coefficient (Wildman–Crippen LogP) is 2.70. The number of carbonyl (C=O) groups excluding carboxylic acids is 1. The average Bonchev–Trinajstić information content (AvgIpc) is 2.47. The Morgan fingerprint density at radius 1 is 1.10 bits per heavy atom. The minimum atomic E-state index is -4.38. The van der Waals surface area contributed by atoms with Crippen molar-refractivity contribution in [1.82, 2.24) is 9.80 Å². The van der Waals surface area contributed by atoms with E-state index in [4.69, 9.17) is 11.6 Å². The van der Waals surface area contributed by atoms with E-state index in [1.807, 2.05) is 0 Å². The molecule has 116 valence electrons. The lowest BCUT2D eigenvalue weighted by molar-refractivity contribution is -0.137. The molecule has 1 aliphatic heterocycles. The molecule has 0 unspecified atom stereocenters. The average molecular weight is 321 g/mol. The first kappa shape index (κ1) is 16.1. The fourth-order valence-corrected chi connectivity index (χ4v) is 2.52. The van der Waals surface area contributed by atoms with Crippen LogP contribution in [0.5, 0.6) is 0 Å². The summed E-state index contributed by atoms with van der Waals surface area (Å²) in [7, 11) is 0. The van der Waals surface area contributed by atoms with Crippen LogP contribution in [0.4, 0.5) is 13.2 Å². The zero-order valence-electron chi connectivity index (χ0n) is 11.4. The molecule has 1 heterocycles. The number of halogens is 4. The van der Waals surface area contributed by atoms with E-state index in [1.54, 1.807) is 4.90 Å².